The average Bonchev–Trinajstić information content (AvgIpc) is 2.86. The van der Waals surface area contributed by atoms with Gasteiger partial charge in [-0.2, -0.15) is 0 Å². The van der Waals surface area contributed by atoms with Crippen LogP contribution in [0.2, 0.25) is 5.02 Å². The standard InChI is InChI=1S/C14H17ClN2OS/c1-10(6-7-16)19-9-14-17-8-13(18-14)11-2-4-12(15)5-3-11/h2-5,8,10H,6-7,9,16H2,1H3. The number of rotatable bonds is 6. The molecule has 0 aliphatic carbocycles. The molecule has 0 saturated heterocycles. The number of oxazole rings is 1. The second kappa shape index (κ2) is 6.98. The van der Waals surface area contributed by atoms with E-state index in [0.29, 0.717) is 5.25 Å². The molecule has 0 aliphatic rings. The monoisotopic (exact) mass is 296 g/mol. The summed E-state index contributed by atoms with van der Waals surface area (Å²) < 4.78 is 5.73. The van der Waals surface area contributed by atoms with Crippen LogP contribution in [0.5, 0.6) is 0 Å². The first kappa shape index (κ1) is 14.4. The Morgan fingerprint density at radius 3 is 2.79 bits per heavy atom. The zero-order valence-corrected chi connectivity index (χ0v) is 12.4. The van der Waals surface area contributed by atoms with Gasteiger partial charge in [0.1, 0.15) is 0 Å². The molecular weight excluding hydrogens is 280 g/mol. The SMILES string of the molecule is CC(CCN)SCc1ncc(-c2ccc(Cl)cc2)o1. The van der Waals surface area contributed by atoms with Crippen LogP contribution in [0.15, 0.2) is 34.9 Å². The molecule has 0 radical (unpaired) electrons. The third kappa shape index (κ3) is 4.27. The second-order valence-electron chi connectivity index (χ2n) is 4.32. The summed E-state index contributed by atoms with van der Waals surface area (Å²) in [7, 11) is 0. The van der Waals surface area contributed by atoms with Gasteiger partial charge in [-0.1, -0.05) is 18.5 Å². The minimum Gasteiger partial charge on any atom is -0.440 e. The van der Waals surface area contributed by atoms with Crippen molar-refractivity contribution in [2.24, 2.45) is 5.73 Å². The summed E-state index contributed by atoms with van der Waals surface area (Å²) in [5.41, 5.74) is 6.52. The van der Waals surface area contributed by atoms with Gasteiger partial charge in [-0.15, -0.1) is 11.8 Å². The summed E-state index contributed by atoms with van der Waals surface area (Å²) >= 11 is 7.67. The zero-order valence-electron chi connectivity index (χ0n) is 10.8. The number of halogens is 1. The summed E-state index contributed by atoms with van der Waals surface area (Å²) in [5, 5.41) is 1.24. The molecule has 2 aromatic rings. The lowest BCUT2D eigenvalue weighted by Gasteiger charge is -2.06. The van der Waals surface area contributed by atoms with Gasteiger partial charge in [0.25, 0.3) is 0 Å². The first-order valence-corrected chi connectivity index (χ1v) is 7.64. The molecule has 1 heterocycles. The third-order valence-electron chi connectivity index (χ3n) is 2.75. The molecule has 2 N–H and O–H groups in total. The van der Waals surface area contributed by atoms with Crippen molar-refractivity contribution < 1.29 is 4.42 Å². The van der Waals surface area contributed by atoms with Crippen molar-refractivity contribution in [1.82, 2.24) is 4.98 Å². The average molecular weight is 297 g/mol. The van der Waals surface area contributed by atoms with E-state index in [1.807, 2.05) is 36.0 Å². The Bertz CT molecular complexity index is 512. The van der Waals surface area contributed by atoms with Crippen molar-refractivity contribution in [2.45, 2.75) is 24.3 Å². The number of hydrogen-bond donors (Lipinski definition) is 1. The number of hydrogen-bond acceptors (Lipinski definition) is 4. The molecular formula is C14H17ClN2OS. The summed E-state index contributed by atoms with van der Waals surface area (Å²) in [5.74, 6) is 2.30. The summed E-state index contributed by atoms with van der Waals surface area (Å²) in [4.78, 5) is 4.30. The zero-order chi connectivity index (χ0) is 13.7. The van der Waals surface area contributed by atoms with Crippen molar-refractivity contribution in [3.05, 3.63) is 41.4 Å². The Balaban J connectivity index is 1.97. The lowest BCUT2D eigenvalue weighted by atomic mass is 10.2. The Morgan fingerprint density at radius 1 is 1.37 bits per heavy atom. The number of benzene rings is 1. The van der Waals surface area contributed by atoms with Crippen molar-refractivity contribution in [2.75, 3.05) is 6.54 Å². The van der Waals surface area contributed by atoms with Gasteiger partial charge in [0, 0.05) is 15.8 Å². The minimum absolute atomic E-state index is 0.524. The maximum atomic E-state index is 5.86. The fraction of sp³-hybridized carbons (Fsp3) is 0.357. The molecule has 1 atom stereocenters. The third-order valence-corrected chi connectivity index (χ3v) is 4.22. The van der Waals surface area contributed by atoms with E-state index in [0.717, 1.165) is 41.0 Å². The van der Waals surface area contributed by atoms with E-state index in [1.54, 1.807) is 6.20 Å². The lowest BCUT2D eigenvalue weighted by molar-refractivity contribution is 0.529. The fourth-order valence-electron chi connectivity index (χ4n) is 1.66. The molecule has 0 spiro atoms. The molecule has 1 unspecified atom stereocenters. The van der Waals surface area contributed by atoms with Crippen LogP contribution in [0.4, 0.5) is 0 Å². The smallest absolute Gasteiger partial charge is 0.204 e. The van der Waals surface area contributed by atoms with Crippen molar-refractivity contribution >= 4 is 23.4 Å². The van der Waals surface area contributed by atoms with E-state index in [2.05, 4.69) is 11.9 Å². The Labute approximate surface area is 122 Å². The van der Waals surface area contributed by atoms with Gasteiger partial charge in [0.2, 0.25) is 5.89 Å². The highest BCUT2D eigenvalue weighted by atomic mass is 35.5. The van der Waals surface area contributed by atoms with Gasteiger partial charge in [-0.05, 0) is 37.2 Å². The predicted molar refractivity (Wildman–Crippen MR) is 81.4 cm³/mol. The summed E-state index contributed by atoms with van der Waals surface area (Å²) in [6.45, 7) is 2.89. The van der Waals surface area contributed by atoms with E-state index >= 15 is 0 Å². The first-order chi connectivity index (χ1) is 9.19. The molecule has 0 saturated carbocycles. The van der Waals surface area contributed by atoms with E-state index in [-0.39, 0.29) is 0 Å². The Kier molecular flexibility index (Phi) is 5.31. The molecule has 1 aromatic carbocycles. The van der Waals surface area contributed by atoms with Crippen LogP contribution in [-0.4, -0.2) is 16.8 Å². The van der Waals surface area contributed by atoms with Crippen molar-refractivity contribution in [1.29, 1.82) is 0 Å². The van der Waals surface area contributed by atoms with Crippen LogP contribution < -0.4 is 5.73 Å². The number of nitrogens with two attached hydrogens (primary N) is 1. The quantitative estimate of drug-likeness (QED) is 0.876. The molecule has 3 nitrogen and oxygen atoms in total. The maximum absolute atomic E-state index is 5.86. The lowest BCUT2D eigenvalue weighted by Crippen LogP contribution is -2.07. The molecule has 2 rings (SSSR count). The highest BCUT2D eigenvalue weighted by molar-refractivity contribution is 7.99. The Hall–Kier alpha value is -0.970. The van der Waals surface area contributed by atoms with Crippen LogP contribution in [0.25, 0.3) is 11.3 Å². The van der Waals surface area contributed by atoms with Crippen LogP contribution in [-0.2, 0) is 5.75 Å². The topological polar surface area (TPSA) is 52.0 Å². The molecule has 102 valence electrons. The largest absolute Gasteiger partial charge is 0.440 e. The molecule has 0 bridgehead atoms. The van der Waals surface area contributed by atoms with Gasteiger partial charge in [-0.3, -0.25) is 0 Å². The molecule has 0 aliphatic heterocycles. The number of thioether (sulfide) groups is 1. The molecule has 0 amide bonds. The van der Waals surface area contributed by atoms with E-state index in [4.69, 9.17) is 21.8 Å². The highest BCUT2D eigenvalue weighted by Gasteiger charge is 2.08. The molecule has 5 heteroatoms. The Morgan fingerprint density at radius 2 is 2.11 bits per heavy atom. The highest BCUT2D eigenvalue weighted by Crippen LogP contribution is 2.25. The van der Waals surface area contributed by atoms with Crippen LogP contribution in [0, 0.1) is 0 Å². The van der Waals surface area contributed by atoms with Gasteiger partial charge in [-0.25, -0.2) is 4.98 Å². The predicted octanol–water partition coefficient (Wildman–Crippen LogP) is 3.97. The molecule has 0 fully saturated rings. The fourth-order valence-corrected chi connectivity index (χ4v) is 2.65. The number of aromatic nitrogens is 1. The van der Waals surface area contributed by atoms with Crippen molar-refractivity contribution in [3.8, 4) is 11.3 Å². The second-order valence-corrected chi connectivity index (χ2v) is 6.19. The van der Waals surface area contributed by atoms with E-state index in [9.17, 15) is 0 Å². The molecule has 19 heavy (non-hydrogen) atoms. The number of nitrogens with zero attached hydrogens (tertiary/aromatic N) is 1. The van der Waals surface area contributed by atoms with Crippen LogP contribution in [0.3, 0.4) is 0 Å². The first-order valence-electron chi connectivity index (χ1n) is 6.21. The van der Waals surface area contributed by atoms with Gasteiger partial charge < -0.3 is 10.2 Å². The van der Waals surface area contributed by atoms with E-state index < -0.39 is 0 Å². The van der Waals surface area contributed by atoms with Gasteiger partial charge >= 0.3 is 0 Å². The van der Waals surface area contributed by atoms with E-state index in [1.165, 1.54) is 0 Å². The van der Waals surface area contributed by atoms with Crippen molar-refractivity contribution in [3.63, 3.8) is 0 Å². The summed E-state index contributed by atoms with van der Waals surface area (Å²) in [6, 6.07) is 7.54. The molecule has 1 aromatic heterocycles. The summed E-state index contributed by atoms with van der Waals surface area (Å²) in [6.07, 6.45) is 2.77. The normalized spacial score (nSPS) is 12.6. The van der Waals surface area contributed by atoms with Crippen LogP contribution in [0.1, 0.15) is 19.2 Å². The minimum atomic E-state index is 0.524. The van der Waals surface area contributed by atoms with Gasteiger partial charge in [0.15, 0.2) is 5.76 Å². The maximum Gasteiger partial charge on any atom is 0.204 e. The van der Waals surface area contributed by atoms with Gasteiger partial charge in [0.05, 0.1) is 11.9 Å². The van der Waals surface area contributed by atoms with Crippen LogP contribution >= 0.6 is 23.4 Å².